The summed E-state index contributed by atoms with van der Waals surface area (Å²) < 4.78 is 24.3. The largest absolute Gasteiger partial charge is 0.213 e. The third-order valence-corrected chi connectivity index (χ3v) is 3.23. The Labute approximate surface area is 82.8 Å². The summed E-state index contributed by atoms with van der Waals surface area (Å²) in [7, 11) is -3.07. The predicted molar refractivity (Wildman–Crippen MR) is 55.5 cm³/mol. The summed E-state index contributed by atoms with van der Waals surface area (Å²) in [5.41, 5.74) is 0. The Morgan fingerprint density at radius 2 is 2.31 bits per heavy atom. The number of rotatable bonds is 4. The Balaban J connectivity index is 2.47. The molecule has 74 valence electrons. The van der Waals surface area contributed by atoms with E-state index in [4.69, 9.17) is 0 Å². The second-order valence-corrected chi connectivity index (χ2v) is 5.89. The van der Waals surface area contributed by atoms with Crippen molar-refractivity contribution < 1.29 is 8.42 Å². The van der Waals surface area contributed by atoms with Crippen LogP contribution in [0.15, 0.2) is 17.5 Å². The lowest BCUT2D eigenvalue weighted by atomic mass is 10.2. The monoisotopic (exact) mass is 219 g/mol. The van der Waals surface area contributed by atoms with Gasteiger partial charge in [0.2, 0.25) is 10.0 Å². The van der Waals surface area contributed by atoms with E-state index >= 15 is 0 Å². The summed E-state index contributed by atoms with van der Waals surface area (Å²) in [5, 5.41) is 1.99. The van der Waals surface area contributed by atoms with E-state index in [0.717, 1.165) is 6.42 Å². The summed E-state index contributed by atoms with van der Waals surface area (Å²) in [6.45, 7) is 1.86. The van der Waals surface area contributed by atoms with Crippen LogP contribution in [0.25, 0.3) is 0 Å². The van der Waals surface area contributed by atoms with Gasteiger partial charge in [0.1, 0.15) is 0 Å². The van der Waals surface area contributed by atoms with E-state index in [-0.39, 0.29) is 6.04 Å². The highest BCUT2D eigenvalue weighted by Crippen LogP contribution is 2.10. The van der Waals surface area contributed by atoms with Crippen LogP contribution >= 0.6 is 11.3 Å². The van der Waals surface area contributed by atoms with Crippen molar-refractivity contribution >= 4 is 21.4 Å². The van der Waals surface area contributed by atoms with E-state index in [1.807, 2.05) is 24.4 Å². The number of nitrogens with one attached hydrogen (secondary N) is 1. The Kier molecular flexibility index (Phi) is 3.47. The van der Waals surface area contributed by atoms with Crippen LogP contribution in [0, 0.1) is 0 Å². The highest BCUT2D eigenvalue weighted by molar-refractivity contribution is 7.88. The van der Waals surface area contributed by atoms with E-state index in [1.165, 1.54) is 11.1 Å². The van der Waals surface area contributed by atoms with Gasteiger partial charge in [-0.15, -0.1) is 11.3 Å². The first-order chi connectivity index (χ1) is 5.97. The van der Waals surface area contributed by atoms with Gasteiger partial charge in [0, 0.05) is 10.9 Å². The summed E-state index contributed by atoms with van der Waals surface area (Å²) in [6.07, 6.45) is 1.93. The summed E-state index contributed by atoms with van der Waals surface area (Å²) in [4.78, 5) is 1.20. The zero-order chi connectivity index (χ0) is 9.90. The van der Waals surface area contributed by atoms with Crippen molar-refractivity contribution in [3.63, 3.8) is 0 Å². The molecular weight excluding hydrogens is 206 g/mol. The van der Waals surface area contributed by atoms with Crippen molar-refractivity contribution in [1.82, 2.24) is 4.72 Å². The van der Waals surface area contributed by atoms with Crippen LogP contribution in [-0.2, 0) is 16.4 Å². The molecule has 1 atom stereocenters. The highest BCUT2D eigenvalue weighted by Gasteiger charge is 2.09. The molecule has 0 amide bonds. The molecule has 1 aromatic heterocycles. The minimum atomic E-state index is -3.07. The van der Waals surface area contributed by atoms with Crippen molar-refractivity contribution in [2.75, 3.05) is 6.26 Å². The molecule has 1 N–H and O–H groups in total. The topological polar surface area (TPSA) is 46.2 Å². The lowest BCUT2D eigenvalue weighted by molar-refractivity contribution is 0.566. The van der Waals surface area contributed by atoms with Crippen LogP contribution < -0.4 is 4.72 Å². The van der Waals surface area contributed by atoms with Gasteiger partial charge in [-0.1, -0.05) is 6.07 Å². The molecule has 0 saturated heterocycles. The number of thiophene rings is 1. The van der Waals surface area contributed by atoms with Gasteiger partial charge in [0.25, 0.3) is 0 Å². The normalized spacial score (nSPS) is 14.3. The van der Waals surface area contributed by atoms with Gasteiger partial charge in [-0.3, -0.25) is 0 Å². The summed E-state index contributed by atoms with van der Waals surface area (Å²) in [6, 6.07) is 3.94. The van der Waals surface area contributed by atoms with Crippen molar-refractivity contribution in [2.45, 2.75) is 19.4 Å². The quantitative estimate of drug-likeness (QED) is 0.828. The first kappa shape index (κ1) is 10.7. The van der Waals surface area contributed by atoms with Gasteiger partial charge in [-0.25, -0.2) is 13.1 Å². The smallest absolute Gasteiger partial charge is 0.208 e. The van der Waals surface area contributed by atoms with Crippen molar-refractivity contribution in [1.29, 1.82) is 0 Å². The molecule has 13 heavy (non-hydrogen) atoms. The fraction of sp³-hybridized carbons (Fsp3) is 0.500. The molecule has 1 aromatic rings. The predicted octanol–water partition coefficient (Wildman–Crippen LogP) is 1.23. The van der Waals surface area contributed by atoms with E-state index in [0.29, 0.717) is 0 Å². The van der Waals surface area contributed by atoms with Crippen LogP contribution in [0.2, 0.25) is 0 Å². The van der Waals surface area contributed by atoms with Crippen LogP contribution in [-0.4, -0.2) is 20.7 Å². The van der Waals surface area contributed by atoms with Gasteiger partial charge >= 0.3 is 0 Å². The molecule has 0 aliphatic heterocycles. The van der Waals surface area contributed by atoms with E-state index in [9.17, 15) is 8.42 Å². The molecule has 0 fully saturated rings. The Morgan fingerprint density at radius 1 is 1.62 bits per heavy atom. The third-order valence-electron chi connectivity index (χ3n) is 1.50. The third kappa shape index (κ3) is 4.40. The van der Waals surface area contributed by atoms with Gasteiger partial charge in [-0.2, -0.15) is 0 Å². The molecule has 0 aliphatic rings. The average molecular weight is 219 g/mol. The second kappa shape index (κ2) is 4.21. The molecule has 1 rings (SSSR count). The van der Waals surface area contributed by atoms with Crippen LogP contribution in [0.5, 0.6) is 0 Å². The summed E-state index contributed by atoms with van der Waals surface area (Å²) >= 11 is 1.64. The maximum atomic E-state index is 10.9. The lowest BCUT2D eigenvalue weighted by Gasteiger charge is -2.10. The molecule has 5 heteroatoms. The SMILES string of the molecule is CC(Cc1cccs1)NS(C)(=O)=O. The average Bonchev–Trinajstić information content (AvgIpc) is 2.34. The minimum Gasteiger partial charge on any atom is -0.213 e. The highest BCUT2D eigenvalue weighted by atomic mass is 32.2. The van der Waals surface area contributed by atoms with E-state index in [1.54, 1.807) is 11.3 Å². The zero-order valence-electron chi connectivity index (χ0n) is 7.65. The molecule has 0 bridgehead atoms. The number of hydrogen-bond donors (Lipinski definition) is 1. The first-order valence-corrected chi connectivity index (χ1v) is 6.74. The maximum absolute atomic E-state index is 10.9. The lowest BCUT2D eigenvalue weighted by Crippen LogP contribution is -2.32. The molecule has 0 aromatic carbocycles. The number of sulfonamides is 1. The van der Waals surface area contributed by atoms with Crippen LogP contribution in [0.4, 0.5) is 0 Å². The van der Waals surface area contributed by atoms with Gasteiger partial charge in [0.15, 0.2) is 0 Å². The van der Waals surface area contributed by atoms with Crippen molar-refractivity contribution in [2.24, 2.45) is 0 Å². The fourth-order valence-corrected chi connectivity index (χ4v) is 2.79. The maximum Gasteiger partial charge on any atom is 0.208 e. The Bertz CT molecular complexity index is 342. The van der Waals surface area contributed by atoms with Gasteiger partial charge in [0.05, 0.1) is 6.26 Å². The molecule has 1 unspecified atom stereocenters. The van der Waals surface area contributed by atoms with E-state index < -0.39 is 10.0 Å². The van der Waals surface area contributed by atoms with Crippen LogP contribution in [0.3, 0.4) is 0 Å². The minimum absolute atomic E-state index is 0.0337. The molecule has 0 aliphatic carbocycles. The van der Waals surface area contributed by atoms with Crippen LogP contribution in [0.1, 0.15) is 11.8 Å². The molecule has 3 nitrogen and oxygen atoms in total. The van der Waals surface area contributed by atoms with E-state index in [2.05, 4.69) is 4.72 Å². The molecule has 0 radical (unpaired) electrons. The second-order valence-electron chi connectivity index (χ2n) is 3.07. The standard InChI is InChI=1S/C8H13NO2S2/c1-7(9-13(2,10)11)6-8-4-3-5-12-8/h3-5,7,9H,6H2,1-2H3. The number of hydrogen-bond acceptors (Lipinski definition) is 3. The van der Waals surface area contributed by atoms with Crippen molar-refractivity contribution in [3.05, 3.63) is 22.4 Å². The Hall–Kier alpha value is -0.390. The zero-order valence-corrected chi connectivity index (χ0v) is 9.28. The fourth-order valence-electron chi connectivity index (χ4n) is 1.14. The molecule has 1 heterocycles. The van der Waals surface area contributed by atoms with Gasteiger partial charge in [-0.05, 0) is 24.8 Å². The molecule has 0 saturated carbocycles. The Morgan fingerprint density at radius 3 is 2.77 bits per heavy atom. The van der Waals surface area contributed by atoms with Crippen molar-refractivity contribution in [3.8, 4) is 0 Å². The summed E-state index contributed by atoms with van der Waals surface area (Å²) in [5.74, 6) is 0. The first-order valence-electron chi connectivity index (χ1n) is 3.97. The van der Waals surface area contributed by atoms with Gasteiger partial charge < -0.3 is 0 Å². The molecular formula is C8H13NO2S2. The molecule has 0 spiro atoms.